The van der Waals surface area contributed by atoms with Crippen LogP contribution in [0, 0.1) is 11.3 Å². The van der Waals surface area contributed by atoms with Crippen molar-refractivity contribution in [2.24, 2.45) is 0 Å². The Bertz CT molecular complexity index is 689. The molecule has 1 heterocycles. The molecular weight excluding hydrogens is 362 g/mol. The Kier molecular flexibility index (Phi) is 7.23. The molecule has 0 aliphatic carbocycles. The first kappa shape index (κ1) is 20.8. The molecule has 27 heavy (non-hydrogen) atoms. The SMILES string of the molecule is N#CC(OC1OC(COC(=O)CC(=O)O)C(O)C(O)C1O)c1ccccc1. The van der Waals surface area contributed by atoms with E-state index in [1.807, 2.05) is 6.07 Å². The van der Waals surface area contributed by atoms with Crippen molar-refractivity contribution in [3.8, 4) is 6.07 Å². The Hall–Kier alpha value is -2.55. The number of carbonyl (C=O) groups is 2. The number of carbonyl (C=O) groups excluding carboxylic acids is 1. The molecule has 10 heteroatoms. The van der Waals surface area contributed by atoms with Gasteiger partial charge in [-0.2, -0.15) is 5.26 Å². The molecule has 146 valence electrons. The summed E-state index contributed by atoms with van der Waals surface area (Å²) in [5, 5.41) is 47.8. The van der Waals surface area contributed by atoms with E-state index < -0.39 is 61.8 Å². The molecule has 0 amide bonds. The molecule has 0 bridgehead atoms. The van der Waals surface area contributed by atoms with E-state index in [0.29, 0.717) is 5.56 Å². The van der Waals surface area contributed by atoms with Gasteiger partial charge in [-0.3, -0.25) is 9.59 Å². The number of aliphatic hydroxyl groups excluding tert-OH is 3. The lowest BCUT2D eigenvalue weighted by atomic mass is 9.99. The summed E-state index contributed by atoms with van der Waals surface area (Å²) >= 11 is 0. The highest BCUT2D eigenvalue weighted by atomic mass is 16.7. The van der Waals surface area contributed by atoms with Crippen LogP contribution in [-0.2, 0) is 23.8 Å². The average Bonchev–Trinajstić information content (AvgIpc) is 2.65. The summed E-state index contributed by atoms with van der Waals surface area (Å²) in [6.07, 6.45) is -9.75. The molecule has 1 aliphatic heterocycles. The molecular formula is C17H19NO9. The summed E-state index contributed by atoms with van der Waals surface area (Å²) in [6, 6.07) is 10.3. The molecule has 0 spiro atoms. The maximum absolute atomic E-state index is 11.3. The number of esters is 1. The van der Waals surface area contributed by atoms with Crippen molar-refractivity contribution in [3.63, 3.8) is 0 Å². The predicted molar refractivity (Wildman–Crippen MR) is 85.8 cm³/mol. The van der Waals surface area contributed by atoms with E-state index in [2.05, 4.69) is 0 Å². The van der Waals surface area contributed by atoms with Crippen LogP contribution in [0.3, 0.4) is 0 Å². The topological polar surface area (TPSA) is 167 Å². The third-order valence-electron chi connectivity index (χ3n) is 3.86. The van der Waals surface area contributed by atoms with E-state index in [9.17, 15) is 30.2 Å². The van der Waals surface area contributed by atoms with Crippen molar-refractivity contribution in [1.29, 1.82) is 5.26 Å². The average molecular weight is 381 g/mol. The first-order valence-corrected chi connectivity index (χ1v) is 8.00. The van der Waals surface area contributed by atoms with Crippen molar-refractivity contribution in [2.45, 2.75) is 43.2 Å². The first-order valence-electron chi connectivity index (χ1n) is 8.00. The minimum atomic E-state index is -1.69. The lowest BCUT2D eigenvalue weighted by Crippen LogP contribution is -2.59. The Morgan fingerprint density at radius 2 is 1.81 bits per heavy atom. The number of nitriles is 1. The fourth-order valence-electron chi connectivity index (χ4n) is 2.46. The van der Waals surface area contributed by atoms with Gasteiger partial charge in [0, 0.05) is 0 Å². The van der Waals surface area contributed by atoms with E-state index in [1.54, 1.807) is 30.3 Å². The standard InChI is InChI=1S/C17H19NO9/c18-7-10(9-4-2-1-3-5-9)26-17-16(24)15(23)14(22)11(27-17)8-25-13(21)6-12(19)20/h1-5,10-11,14-17,22-24H,6,8H2,(H,19,20). The lowest BCUT2D eigenvalue weighted by Gasteiger charge is -2.40. The van der Waals surface area contributed by atoms with Crippen LogP contribution < -0.4 is 0 Å². The molecule has 1 aromatic carbocycles. The summed E-state index contributed by atoms with van der Waals surface area (Å²) in [6.45, 7) is -0.570. The van der Waals surface area contributed by atoms with Crippen LogP contribution in [-0.4, -0.2) is 69.7 Å². The minimum Gasteiger partial charge on any atom is -0.481 e. The van der Waals surface area contributed by atoms with Crippen LogP contribution in [0.5, 0.6) is 0 Å². The number of ether oxygens (including phenoxy) is 3. The zero-order valence-electron chi connectivity index (χ0n) is 14.0. The quantitative estimate of drug-likeness (QED) is 0.343. The largest absolute Gasteiger partial charge is 0.481 e. The van der Waals surface area contributed by atoms with Crippen LogP contribution in [0.1, 0.15) is 18.1 Å². The van der Waals surface area contributed by atoms with Gasteiger partial charge < -0.3 is 34.6 Å². The summed E-state index contributed by atoms with van der Waals surface area (Å²) in [4.78, 5) is 21.8. The van der Waals surface area contributed by atoms with Crippen LogP contribution >= 0.6 is 0 Å². The van der Waals surface area contributed by atoms with Gasteiger partial charge in [0.25, 0.3) is 0 Å². The third-order valence-corrected chi connectivity index (χ3v) is 3.86. The Morgan fingerprint density at radius 3 is 2.41 bits per heavy atom. The molecule has 10 nitrogen and oxygen atoms in total. The number of benzene rings is 1. The van der Waals surface area contributed by atoms with E-state index >= 15 is 0 Å². The number of hydrogen-bond acceptors (Lipinski definition) is 9. The maximum Gasteiger partial charge on any atom is 0.317 e. The van der Waals surface area contributed by atoms with Crippen molar-refractivity contribution in [2.75, 3.05) is 6.61 Å². The second-order valence-electron chi connectivity index (χ2n) is 5.82. The zero-order valence-corrected chi connectivity index (χ0v) is 14.0. The molecule has 1 aromatic rings. The third kappa shape index (κ3) is 5.46. The monoisotopic (exact) mass is 381 g/mol. The summed E-state index contributed by atoms with van der Waals surface area (Å²) in [5.74, 6) is -2.45. The van der Waals surface area contributed by atoms with Crippen LogP contribution in [0.4, 0.5) is 0 Å². The van der Waals surface area contributed by atoms with Gasteiger partial charge in [0.15, 0.2) is 12.4 Å². The van der Waals surface area contributed by atoms with E-state index in [-0.39, 0.29) is 0 Å². The number of rotatable bonds is 7. The smallest absolute Gasteiger partial charge is 0.317 e. The molecule has 1 aliphatic rings. The molecule has 6 unspecified atom stereocenters. The fraction of sp³-hybridized carbons (Fsp3) is 0.471. The predicted octanol–water partition coefficient (Wildman–Crippen LogP) is -0.907. The highest BCUT2D eigenvalue weighted by Gasteiger charge is 2.45. The summed E-state index contributed by atoms with van der Waals surface area (Å²) in [7, 11) is 0. The molecule has 6 atom stereocenters. The Balaban J connectivity index is 2.04. The first-order chi connectivity index (χ1) is 12.8. The van der Waals surface area contributed by atoms with Crippen molar-refractivity contribution < 1.29 is 44.2 Å². The van der Waals surface area contributed by atoms with Gasteiger partial charge in [0.2, 0.25) is 0 Å². The van der Waals surface area contributed by atoms with Crippen LogP contribution in [0.15, 0.2) is 30.3 Å². The number of carboxylic acids is 1. The second-order valence-corrected chi connectivity index (χ2v) is 5.82. The number of hydrogen-bond donors (Lipinski definition) is 4. The van der Waals surface area contributed by atoms with Gasteiger partial charge in [-0.15, -0.1) is 0 Å². The highest BCUT2D eigenvalue weighted by Crippen LogP contribution is 2.27. The van der Waals surface area contributed by atoms with Crippen LogP contribution in [0.25, 0.3) is 0 Å². The molecule has 0 radical (unpaired) electrons. The normalized spacial score (nSPS) is 28.7. The van der Waals surface area contributed by atoms with Crippen LogP contribution in [0.2, 0.25) is 0 Å². The zero-order chi connectivity index (χ0) is 20.0. The number of aliphatic hydroxyl groups is 3. The molecule has 4 N–H and O–H groups in total. The van der Waals surface area contributed by atoms with Gasteiger partial charge in [-0.1, -0.05) is 30.3 Å². The second kappa shape index (κ2) is 9.40. The molecule has 1 fully saturated rings. The minimum absolute atomic E-state index is 0.487. The Labute approximate surface area is 154 Å². The van der Waals surface area contributed by atoms with E-state index in [4.69, 9.17) is 19.3 Å². The van der Waals surface area contributed by atoms with E-state index in [1.165, 1.54) is 0 Å². The Morgan fingerprint density at radius 1 is 1.15 bits per heavy atom. The maximum atomic E-state index is 11.3. The number of aliphatic carboxylic acids is 1. The van der Waals surface area contributed by atoms with E-state index in [0.717, 1.165) is 0 Å². The summed E-state index contributed by atoms with van der Waals surface area (Å²) in [5.41, 5.74) is 0.487. The van der Waals surface area contributed by atoms with Gasteiger partial charge in [0.05, 0.1) is 6.07 Å². The van der Waals surface area contributed by atoms with Gasteiger partial charge in [-0.25, -0.2) is 0 Å². The fourth-order valence-corrected chi connectivity index (χ4v) is 2.46. The molecule has 2 rings (SSSR count). The van der Waals surface area contributed by atoms with Crippen molar-refractivity contribution >= 4 is 11.9 Å². The van der Waals surface area contributed by atoms with Gasteiger partial charge >= 0.3 is 11.9 Å². The number of carboxylic acid groups (broad SMARTS) is 1. The van der Waals surface area contributed by atoms with Gasteiger partial charge in [0.1, 0.15) is 37.4 Å². The van der Waals surface area contributed by atoms with Crippen molar-refractivity contribution in [3.05, 3.63) is 35.9 Å². The van der Waals surface area contributed by atoms with Crippen molar-refractivity contribution in [1.82, 2.24) is 0 Å². The lowest BCUT2D eigenvalue weighted by molar-refractivity contribution is -0.308. The molecule has 0 aromatic heterocycles. The summed E-state index contributed by atoms with van der Waals surface area (Å²) < 4.78 is 15.4. The number of nitrogens with zero attached hydrogens (tertiary/aromatic N) is 1. The molecule has 1 saturated heterocycles. The molecule has 0 saturated carbocycles. The van der Waals surface area contributed by atoms with Gasteiger partial charge in [-0.05, 0) is 5.56 Å². The highest BCUT2D eigenvalue weighted by molar-refractivity contribution is 5.90.